The molecule has 2 heterocycles. The van der Waals surface area contributed by atoms with E-state index in [1.54, 1.807) is 0 Å². The van der Waals surface area contributed by atoms with Gasteiger partial charge in [0.05, 0.1) is 12.1 Å². The fraction of sp³-hybridized carbons (Fsp3) is 0.857. The number of aliphatic imine (C=N–C) groups is 2. The fourth-order valence-corrected chi connectivity index (χ4v) is 2.39. The highest BCUT2D eigenvalue weighted by molar-refractivity contribution is 6.36. The molecule has 2 atom stereocenters. The van der Waals surface area contributed by atoms with Gasteiger partial charge in [0.2, 0.25) is 0 Å². The molecule has 0 aromatic carbocycles. The molecule has 102 valence electrons. The molecule has 2 rings (SSSR count). The zero-order chi connectivity index (χ0) is 13.1. The van der Waals surface area contributed by atoms with Crippen LogP contribution in [-0.2, 0) is 9.47 Å². The predicted molar refractivity (Wildman–Crippen MR) is 73.3 cm³/mol. The third-order valence-electron chi connectivity index (χ3n) is 3.09. The van der Waals surface area contributed by atoms with Gasteiger partial charge in [-0.25, -0.2) is 9.98 Å². The van der Waals surface area contributed by atoms with Crippen molar-refractivity contribution in [1.82, 2.24) is 0 Å². The number of nitrogens with zero attached hydrogens (tertiary/aromatic N) is 2. The summed E-state index contributed by atoms with van der Waals surface area (Å²) < 4.78 is 11.2. The minimum Gasteiger partial charge on any atom is -0.472 e. The Hall–Kier alpha value is -1.06. The van der Waals surface area contributed by atoms with Crippen LogP contribution in [0.25, 0.3) is 0 Å². The molecular weight excluding hydrogens is 228 g/mol. The number of hydrogen-bond donors (Lipinski definition) is 0. The molecular formula is C14H24N2O2. The molecule has 0 aromatic rings. The van der Waals surface area contributed by atoms with Crippen LogP contribution in [0.5, 0.6) is 0 Å². The van der Waals surface area contributed by atoms with Gasteiger partial charge in [0, 0.05) is 0 Å². The van der Waals surface area contributed by atoms with Crippen LogP contribution in [0.15, 0.2) is 9.98 Å². The monoisotopic (exact) mass is 252 g/mol. The second kappa shape index (κ2) is 5.72. The van der Waals surface area contributed by atoms with Crippen molar-refractivity contribution in [2.45, 2.75) is 52.6 Å². The summed E-state index contributed by atoms with van der Waals surface area (Å²) in [6, 6.07) is 0.547. The summed E-state index contributed by atoms with van der Waals surface area (Å²) in [4.78, 5) is 9.12. The van der Waals surface area contributed by atoms with E-state index in [-0.39, 0.29) is 12.1 Å². The lowest BCUT2D eigenvalue weighted by Gasteiger charge is -2.06. The van der Waals surface area contributed by atoms with E-state index in [4.69, 9.17) is 9.47 Å². The minimum atomic E-state index is 0.274. The SMILES string of the molecule is CC(C)C[C@H]1COC(C2=N[C@@H](CC(C)C)CO2)=N1. The van der Waals surface area contributed by atoms with Crippen LogP contribution in [0.4, 0.5) is 0 Å². The van der Waals surface area contributed by atoms with Gasteiger partial charge in [-0.15, -0.1) is 0 Å². The first kappa shape index (κ1) is 13.4. The molecule has 2 aliphatic heterocycles. The van der Waals surface area contributed by atoms with Crippen molar-refractivity contribution in [3.63, 3.8) is 0 Å². The maximum Gasteiger partial charge on any atom is 0.273 e. The number of hydrogen-bond acceptors (Lipinski definition) is 4. The molecule has 18 heavy (non-hydrogen) atoms. The molecule has 0 unspecified atom stereocenters. The van der Waals surface area contributed by atoms with E-state index in [0.29, 0.717) is 36.8 Å². The number of rotatable bonds is 5. The number of ether oxygens (including phenoxy) is 2. The molecule has 0 spiro atoms. The molecule has 0 amide bonds. The first-order valence-corrected chi connectivity index (χ1v) is 6.96. The van der Waals surface area contributed by atoms with E-state index >= 15 is 0 Å². The second-order valence-corrected chi connectivity index (χ2v) is 6.06. The zero-order valence-electron chi connectivity index (χ0n) is 11.8. The second-order valence-electron chi connectivity index (χ2n) is 6.06. The molecule has 0 aliphatic carbocycles. The molecule has 0 radical (unpaired) electrons. The Morgan fingerprint density at radius 1 is 0.889 bits per heavy atom. The van der Waals surface area contributed by atoms with E-state index in [1.807, 2.05) is 0 Å². The topological polar surface area (TPSA) is 43.2 Å². The average molecular weight is 252 g/mol. The highest BCUT2D eigenvalue weighted by Crippen LogP contribution is 2.19. The van der Waals surface area contributed by atoms with Crippen LogP contribution >= 0.6 is 0 Å². The van der Waals surface area contributed by atoms with Gasteiger partial charge >= 0.3 is 0 Å². The first-order valence-electron chi connectivity index (χ1n) is 6.96. The summed E-state index contributed by atoms with van der Waals surface area (Å²) in [7, 11) is 0. The quantitative estimate of drug-likeness (QED) is 0.755. The van der Waals surface area contributed by atoms with Crippen LogP contribution < -0.4 is 0 Å². The van der Waals surface area contributed by atoms with Gasteiger partial charge in [0.15, 0.2) is 0 Å². The summed E-state index contributed by atoms with van der Waals surface area (Å²) in [6.07, 6.45) is 2.12. The van der Waals surface area contributed by atoms with E-state index in [2.05, 4.69) is 37.7 Å². The van der Waals surface area contributed by atoms with Crippen LogP contribution in [0, 0.1) is 11.8 Å². The van der Waals surface area contributed by atoms with Gasteiger partial charge in [-0.2, -0.15) is 0 Å². The Morgan fingerprint density at radius 2 is 1.28 bits per heavy atom. The third kappa shape index (κ3) is 3.47. The van der Waals surface area contributed by atoms with Crippen molar-refractivity contribution < 1.29 is 9.47 Å². The van der Waals surface area contributed by atoms with Crippen LogP contribution in [0.2, 0.25) is 0 Å². The summed E-state index contributed by atoms with van der Waals surface area (Å²) in [5, 5.41) is 0. The fourth-order valence-electron chi connectivity index (χ4n) is 2.39. The Morgan fingerprint density at radius 3 is 1.61 bits per heavy atom. The van der Waals surface area contributed by atoms with Crippen molar-refractivity contribution in [3.8, 4) is 0 Å². The van der Waals surface area contributed by atoms with E-state index < -0.39 is 0 Å². The molecule has 0 saturated heterocycles. The van der Waals surface area contributed by atoms with Gasteiger partial charge in [0.25, 0.3) is 11.8 Å². The highest BCUT2D eigenvalue weighted by Gasteiger charge is 2.29. The Balaban J connectivity index is 1.93. The van der Waals surface area contributed by atoms with Crippen LogP contribution in [-0.4, -0.2) is 37.1 Å². The zero-order valence-corrected chi connectivity index (χ0v) is 11.8. The first-order chi connectivity index (χ1) is 8.54. The summed E-state index contributed by atoms with van der Waals surface area (Å²) in [6.45, 7) is 10.2. The Kier molecular flexibility index (Phi) is 4.25. The van der Waals surface area contributed by atoms with Crippen molar-refractivity contribution >= 4 is 11.8 Å². The highest BCUT2D eigenvalue weighted by atomic mass is 16.5. The van der Waals surface area contributed by atoms with E-state index in [0.717, 1.165) is 12.8 Å². The average Bonchev–Trinajstić information content (AvgIpc) is 2.85. The predicted octanol–water partition coefficient (Wildman–Crippen LogP) is 2.67. The Bertz CT molecular complexity index is 314. The molecule has 0 saturated carbocycles. The maximum atomic E-state index is 5.60. The van der Waals surface area contributed by atoms with Crippen LogP contribution in [0.3, 0.4) is 0 Å². The summed E-state index contributed by atoms with van der Waals surface area (Å²) >= 11 is 0. The van der Waals surface area contributed by atoms with Gasteiger partial charge < -0.3 is 9.47 Å². The lowest BCUT2D eigenvalue weighted by atomic mass is 10.1. The molecule has 0 fully saturated rings. The van der Waals surface area contributed by atoms with Crippen LogP contribution in [0.1, 0.15) is 40.5 Å². The molecule has 0 N–H and O–H groups in total. The van der Waals surface area contributed by atoms with Gasteiger partial charge in [-0.1, -0.05) is 27.7 Å². The van der Waals surface area contributed by atoms with Crippen molar-refractivity contribution in [1.29, 1.82) is 0 Å². The minimum absolute atomic E-state index is 0.274. The lowest BCUT2D eigenvalue weighted by molar-refractivity contribution is 0.281. The normalized spacial score (nSPS) is 27.2. The van der Waals surface area contributed by atoms with Crippen molar-refractivity contribution in [2.24, 2.45) is 21.8 Å². The van der Waals surface area contributed by atoms with Gasteiger partial charge in [-0.05, 0) is 24.7 Å². The molecule has 2 aliphatic rings. The maximum absolute atomic E-state index is 5.60. The lowest BCUT2D eigenvalue weighted by Crippen LogP contribution is -2.14. The summed E-state index contributed by atoms with van der Waals surface area (Å²) in [5.41, 5.74) is 0. The van der Waals surface area contributed by atoms with Gasteiger partial charge in [-0.3, -0.25) is 0 Å². The Labute approximate surface area is 109 Å². The smallest absolute Gasteiger partial charge is 0.273 e. The van der Waals surface area contributed by atoms with Crippen molar-refractivity contribution in [2.75, 3.05) is 13.2 Å². The van der Waals surface area contributed by atoms with E-state index in [9.17, 15) is 0 Å². The summed E-state index contributed by atoms with van der Waals surface area (Å²) in [5.74, 6) is 2.52. The molecule has 4 nitrogen and oxygen atoms in total. The van der Waals surface area contributed by atoms with Gasteiger partial charge in [0.1, 0.15) is 13.2 Å². The largest absolute Gasteiger partial charge is 0.472 e. The van der Waals surface area contributed by atoms with E-state index in [1.165, 1.54) is 0 Å². The third-order valence-corrected chi connectivity index (χ3v) is 3.09. The molecule has 0 bridgehead atoms. The van der Waals surface area contributed by atoms with Crippen molar-refractivity contribution in [3.05, 3.63) is 0 Å². The standard InChI is InChI=1S/C14H24N2O2/c1-9(2)5-11-7-17-13(15-11)14-16-12(8-18-14)6-10(3)4/h9-12H,5-8H2,1-4H3/t11-,12-/m0/s1. The molecule has 4 heteroatoms. The molecule has 0 aromatic heterocycles.